The van der Waals surface area contributed by atoms with Crippen LogP contribution in [0, 0.1) is 17.6 Å². The van der Waals surface area contributed by atoms with E-state index in [4.69, 9.17) is 4.74 Å². The van der Waals surface area contributed by atoms with Crippen LogP contribution in [0.3, 0.4) is 0 Å². The maximum atomic E-state index is 13.1. The zero-order chi connectivity index (χ0) is 15.2. The highest BCUT2D eigenvalue weighted by molar-refractivity contribution is 5.94. The monoisotopic (exact) mass is 298 g/mol. The van der Waals surface area contributed by atoms with Crippen molar-refractivity contribution < 1.29 is 18.3 Å². The van der Waals surface area contributed by atoms with Gasteiger partial charge in [0.15, 0.2) is 11.6 Å². The van der Waals surface area contributed by atoms with Crippen molar-refractivity contribution in [2.45, 2.75) is 6.92 Å². The number of halogens is 2. The second kappa shape index (κ2) is 7.47. The number of hydrogen-bond donors (Lipinski definition) is 1. The van der Waals surface area contributed by atoms with Crippen LogP contribution in [0.5, 0.6) is 0 Å². The molecule has 1 N–H and O–H groups in total. The first-order valence-electron chi connectivity index (χ1n) is 7.09. The lowest BCUT2D eigenvalue weighted by atomic mass is 10.1. The third-order valence-electron chi connectivity index (χ3n) is 3.47. The van der Waals surface area contributed by atoms with Crippen LogP contribution in [0.2, 0.25) is 0 Å². The predicted molar refractivity (Wildman–Crippen MR) is 75.1 cm³/mol. The Morgan fingerprint density at radius 3 is 2.71 bits per heavy atom. The second-order valence-corrected chi connectivity index (χ2v) is 5.36. The number of morpholine rings is 1. The lowest BCUT2D eigenvalue weighted by molar-refractivity contribution is 0.0317. The summed E-state index contributed by atoms with van der Waals surface area (Å²) in [5.41, 5.74) is 0.132. The number of rotatable bonds is 5. The van der Waals surface area contributed by atoms with Gasteiger partial charge in [0.2, 0.25) is 0 Å². The number of benzene rings is 1. The lowest BCUT2D eigenvalue weighted by Gasteiger charge is -2.29. The lowest BCUT2D eigenvalue weighted by Crippen LogP contribution is -2.41. The summed E-state index contributed by atoms with van der Waals surface area (Å²) in [6, 6.07) is 3.15. The SMILES string of the molecule is CC(CNC(=O)c1ccc(F)c(F)c1)CN1CCOCC1. The molecule has 1 atom stereocenters. The summed E-state index contributed by atoms with van der Waals surface area (Å²) in [4.78, 5) is 14.2. The van der Waals surface area contributed by atoms with E-state index in [1.807, 2.05) is 6.92 Å². The molecule has 0 aromatic heterocycles. The maximum Gasteiger partial charge on any atom is 0.251 e. The number of carbonyl (C=O) groups is 1. The van der Waals surface area contributed by atoms with Crippen LogP contribution < -0.4 is 5.32 Å². The minimum Gasteiger partial charge on any atom is -0.379 e. The van der Waals surface area contributed by atoms with Crippen LogP contribution in [-0.4, -0.2) is 50.2 Å². The predicted octanol–water partition coefficient (Wildman–Crippen LogP) is 1.66. The van der Waals surface area contributed by atoms with E-state index >= 15 is 0 Å². The van der Waals surface area contributed by atoms with Gasteiger partial charge in [-0.05, 0) is 24.1 Å². The Labute approximate surface area is 123 Å². The van der Waals surface area contributed by atoms with E-state index in [0.29, 0.717) is 6.54 Å². The summed E-state index contributed by atoms with van der Waals surface area (Å²) in [6.45, 7) is 6.71. The molecule has 0 aliphatic carbocycles. The Morgan fingerprint density at radius 1 is 1.33 bits per heavy atom. The van der Waals surface area contributed by atoms with Gasteiger partial charge in [0.25, 0.3) is 5.91 Å². The van der Waals surface area contributed by atoms with Gasteiger partial charge in [-0.15, -0.1) is 0 Å². The van der Waals surface area contributed by atoms with Gasteiger partial charge in [0.1, 0.15) is 0 Å². The Hall–Kier alpha value is -1.53. The first kappa shape index (κ1) is 15.9. The van der Waals surface area contributed by atoms with Gasteiger partial charge in [-0.25, -0.2) is 8.78 Å². The van der Waals surface area contributed by atoms with E-state index in [0.717, 1.165) is 45.0 Å². The zero-order valence-electron chi connectivity index (χ0n) is 12.1. The van der Waals surface area contributed by atoms with Crippen molar-refractivity contribution in [1.82, 2.24) is 10.2 Å². The highest BCUT2D eigenvalue weighted by Gasteiger charge is 2.15. The van der Waals surface area contributed by atoms with Gasteiger partial charge in [-0.2, -0.15) is 0 Å². The normalized spacial score (nSPS) is 17.5. The molecule has 1 unspecified atom stereocenters. The standard InChI is InChI=1S/C15H20F2N2O2/c1-11(10-19-4-6-21-7-5-19)9-18-15(20)12-2-3-13(16)14(17)8-12/h2-3,8,11H,4-7,9-10H2,1H3,(H,18,20). The molecule has 1 saturated heterocycles. The molecular formula is C15H20F2N2O2. The molecule has 1 amide bonds. The minimum atomic E-state index is -1.01. The van der Waals surface area contributed by atoms with Gasteiger partial charge in [0.05, 0.1) is 13.2 Å². The quantitative estimate of drug-likeness (QED) is 0.899. The molecule has 1 fully saturated rings. The van der Waals surface area contributed by atoms with E-state index in [2.05, 4.69) is 10.2 Å². The van der Waals surface area contributed by atoms with E-state index in [9.17, 15) is 13.6 Å². The molecule has 1 aromatic carbocycles. The van der Waals surface area contributed by atoms with Crippen LogP contribution in [-0.2, 0) is 4.74 Å². The molecule has 6 heteroatoms. The Balaban J connectivity index is 1.78. The van der Waals surface area contributed by atoms with Crippen molar-refractivity contribution in [2.24, 2.45) is 5.92 Å². The van der Waals surface area contributed by atoms with E-state index in [1.54, 1.807) is 0 Å². The van der Waals surface area contributed by atoms with Gasteiger partial charge in [-0.3, -0.25) is 9.69 Å². The summed E-state index contributed by atoms with van der Waals surface area (Å²) in [6.07, 6.45) is 0. The topological polar surface area (TPSA) is 41.6 Å². The summed E-state index contributed by atoms with van der Waals surface area (Å²) in [7, 11) is 0. The van der Waals surface area contributed by atoms with Gasteiger partial charge >= 0.3 is 0 Å². The number of amides is 1. The summed E-state index contributed by atoms with van der Waals surface area (Å²) in [5, 5.41) is 2.75. The van der Waals surface area contributed by atoms with Crippen LogP contribution in [0.4, 0.5) is 8.78 Å². The molecule has 21 heavy (non-hydrogen) atoms. The van der Waals surface area contributed by atoms with E-state index in [1.165, 1.54) is 6.07 Å². The highest BCUT2D eigenvalue weighted by Crippen LogP contribution is 2.09. The van der Waals surface area contributed by atoms with Crippen molar-refractivity contribution in [1.29, 1.82) is 0 Å². The summed E-state index contributed by atoms with van der Waals surface area (Å²) < 4.78 is 31.2. The average molecular weight is 298 g/mol. The molecule has 1 heterocycles. The molecule has 2 rings (SSSR count). The van der Waals surface area contributed by atoms with E-state index < -0.39 is 11.6 Å². The number of carbonyl (C=O) groups excluding carboxylic acids is 1. The molecule has 0 radical (unpaired) electrons. The minimum absolute atomic E-state index is 0.132. The first-order chi connectivity index (χ1) is 10.1. The number of nitrogens with one attached hydrogen (secondary N) is 1. The number of nitrogens with zero attached hydrogens (tertiary/aromatic N) is 1. The molecule has 0 bridgehead atoms. The van der Waals surface area contributed by atoms with Crippen molar-refractivity contribution in [3.8, 4) is 0 Å². The molecule has 1 aliphatic rings. The fourth-order valence-corrected chi connectivity index (χ4v) is 2.30. The first-order valence-corrected chi connectivity index (χ1v) is 7.09. The highest BCUT2D eigenvalue weighted by atomic mass is 19.2. The van der Waals surface area contributed by atoms with Crippen LogP contribution >= 0.6 is 0 Å². The van der Waals surface area contributed by atoms with Crippen molar-refractivity contribution in [2.75, 3.05) is 39.4 Å². The smallest absolute Gasteiger partial charge is 0.251 e. The molecule has 1 aromatic rings. The zero-order valence-corrected chi connectivity index (χ0v) is 12.1. The van der Waals surface area contributed by atoms with Gasteiger partial charge in [0, 0.05) is 31.7 Å². The largest absolute Gasteiger partial charge is 0.379 e. The molecule has 116 valence electrons. The van der Waals surface area contributed by atoms with Crippen molar-refractivity contribution in [3.05, 3.63) is 35.4 Å². The molecule has 0 saturated carbocycles. The Kier molecular flexibility index (Phi) is 5.64. The summed E-state index contributed by atoms with van der Waals surface area (Å²) >= 11 is 0. The van der Waals surface area contributed by atoms with Crippen LogP contribution in [0.1, 0.15) is 17.3 Å². The Morgan fingerprint density at radius 2 is 2.05 bits per heavy atom. The van der Waals surface area contributed by atoms with E-state index in [-0.39, 0.29) is 17.4 Å². The third kappa shape index (κ3) is 4.75. The van der Waals surface area contributed by atoms with Gasteiger partial charge < -0.3 is 10.1 Å². The number of ether oxygens (including phenoxy) is 1. The second-order valence-electron chi connectivity index (χ2n) is 5.36. The molecular weight excluding hydrogens is 278 g/mol. The van der Waals surface area contributed by atoms with Gasteiger partial charge in [-0.1, -0.05) is 6.92 Å². The summed E-state index contributed by atoms with van der Waals surface area (Å²) in [5.74, 6) is -2.07. The third-order valence-corrected chi connectivity index (χ3v) is 3.47. The number of hydrogen-bond acceptors (Lipinski definition) is 3. The maximum absolute atomic E-state index is 13.1. The molecule has 0 spiro atoms. The fourth-order valence-electron chi connectivity index (χ4n) is 2.30. The average Bonchev–Trinajstić information content (AvgIpc) is 2.48. The van der Waals surface area contributed by atoms with Crippen molar-refractivity contribution in [3.63, 3.8) is 0 Å². The molecule has 4 nitrogen and oxygen atoms in total. The van der Waals surface area contributed by atoms with Crippen molar-refractivity contribution >= 4 is 5.91 Å². The van der Waals surface area contributed by atoms with Crippen LogP contribution in [0.25, 0.3) is 0 Å². The van der Waals surface area contributed by atoms with Crippen LogP contribution in [0.15, 0.2) is 18.2 Å². The Bertz CT molecular complexity index is 491. The fraction of sp³-hybridized carbons (Fsp3) is 0.533. The molecule has 1 aliphatic heterocycles.